The number of hydrogen-bond donors (Lipinski definition) is 0. The van der Waals surface area contributed by atoms with Gasteiger partial charge in [0.05, 0.1) is 0 Å². The Morgan fingerprint density at radius 2 is 1.85 bits per heavy atom. The Balaban J connectivity index is 3.08. The smallest absolute Gasteiger partial charge is 0.397 e. The zero-order valence-electron chi connectivity index (χ0n) is 7.62. The SMILES string of the molecule is COC1(OC)OC(=O)C=C(C)C1=O. The van der Waals surface area contributed by atoms with Crippen LogP contribution in [0.25, 0.3) is 0 Å². The maximum Gasteiger partial charge on any atom is 0.397 e. The summed E-state index contributed by atoms with van der Waals surface area (Å²) in [6.07, 6.45) is 1.10. The second-order valence-corrected chi connectivity index (χ2v) is 2.54. The Morgan fingerprint density at radius 3 is 2.31 bits per heavy atom. The molecule has 1 aliphatic heterocycles. The number of carbonyl (C=O) groups is 2. The molecule has 1 heterocycles. The minimum Gasteiger partial charge on any atom is -0.398 e. The van der Waals surface area contributed by atoms with Crippen LogP contribution in [0.1, 0.15) is 6.92 Å². The fraction of sp³-hybridized carbons (Fsp3) is 0.500. The highest BCUT2D eigenvalue weighted by molar-refractivity contribution is 6.07. The first kappa shape index (κ1) is 9.88. The van der Waals surface area contributed by atoms with Crippen molar-refractivity contribution in [1.82, 2.24) is 0 Å². The summed E-state index contributed by atoms with van der Waals surface area (Å²) >= 11 is 0. The first-order chi connectivity index (χ1) is 6.05. The molecule has 13 heavy (non-hydrogen) atoms. The van der Waals surface area contributed by atoms with Crippen molar-refractivity contribution in [2.75, 3.05) is 14.2 Å². The molecule has 0 N–H and O–H groups in total. The summed E-state index contributed by atoms with van der Waals surface area (Å²) in [6, 6.07) is 0. The molecule has 5 heteroatoms. The van der Waals surface area contributed by atoms with E-state index in [4.69, 9.17) is 9.47 Å². The van der Waals surface area contributed by atoms with Crippen molar-refractivity contribution in [3.05, 3.63) is 11.6 Å². The second kappa shape index (κ2) is 3.27. The second-order valence-electron chi connectivity index (χ2n) is 2.54. The van der Waals surface area contributed by atoms with Gasteiger partial charge in [-0.1, -0.05) is 0 Å². The van der Waals surface area contributed by atoms with Gasteiger partial charge in [0.1, 0.15) is 0 Å². The van der Waals surface area contributed by atoms with Crippen molar-refractivity contribution in [2.45, 2.75) is 12.9 Å². The number of ether oxygens (including phenoxy) is 3. The van der Waals surface area contributed by atoms with E-state index in [9.17, 15) is 9.59 Å². The van der Waals surface area contributed by atoms with E-state index in [-0.39, 0.29) is 5.57 Å². The molecule has 0 aliphatic carbocycles. The lowest BCUT2D eigenvalue weighted by molar-refractivity contribution is -0.317. The molecule has 0 bridgehead atoms. The van der Waals surface area contributed by atoms with Gasteiger partial charge in [-0.2, -0.15) is 0 Å². The third kappa shape index (κ3) is 1.48. The number of rotatable bonds is 2. The number of carbonyl (C=O) groups excluding carboxylic acids is 2. The van der Waals surface area contributed by atoms with Crippen molar-refractivity contribution in [3.8, 4) is 0 Å². The molecule has 1 aliphatic rings. The highest BCUT2D eigenvalue weighted by atomic mass is 16.9. The van der Waals surface area contributed by atoms with E-state index in [1.807, 2.05) is 0 Å². The molecule has 0 saturated carbocycles. The molecule has 0 spiro atoms. The summed E-state index contributed by atoms with van der Waals surface area (Å²) in [5, 5.41) is 0. The van der Waals surface area contributed by atoms with Crippen LogP contribution < -0.4 is 0 Å². The van der Waals surface area contributed by atoms with Gasteiger partial charge < -0.3 is 14.2 Å². The van der Waals surface area contributed by atoms with Gasteiger partial charge in [-0.3, -0.25) is 4.79 Å². The van der Waals surface area contributed by atoms with E-state index in [1.165, 1.54) is 21.1 Å². The first-order valence-corrected chi connectivity index (χ1v) is 3.62. The maximum atomic E-state index is 11.5. The summed E-state index contributed by atoms with van der Waals surface area (Å²) in [7, 11) is 2.46. The number of esters is 1. The third-order valence-electron chi connectivity index (χ3n) is 1.74. The summed E-state index contributed by atoms with van der Waals surface area (Å²) in [6.45, 7) is 1.50. The quantitative estimate of drug-likeness (QED) is 0.449. The molecule has 0 fully saturated rings. The topological polar surface area (TPSA) is 61.8 Å². The summed E-state index contributed by atoms with van der Waals surface area (Å²) in [4.78, 5) is 22.4. The predicted octanol–water partition coefficient (Wildman–Crippen LogP) is 0.00520. The van der Waals surface area contributed by atoms with Crippen molar-refractivity contribution in [2.24, 2.45) is 0 Å². The standard InChI is InChI=1S/C8H10O5/c1-5-4-6(9)13-8(11-2,12-3)7(5)10/h4H,1-3H3. The molecule has 72 valence electrons. The van der Waals surface area contributed by atoms with Crippen LogP contribution in [0.15, 0.2) is 11.6 Å². The zero-order chi connectivity index (χ0) is 10.1. The zero-order valence-corrected chi connectivity index (χ0v) is 7.62. The molecule has 0 atom stereocenters. The molecule has 0 amide bonds. The van der Waals surface area contributed by atoms with E-state index >= 15 is 0 Å². The first-order valence-electron chi connectivity index (χ1n) is 3.62. The van der Waals surface area contributed by atoms with Crippen LogP contribution in [0.4, 0.5) is 0 Å². The number of Topliss-reactive ketones (excluding diaryl/α,β-unsaturated/α-hetero) is 1. The largest absolute Gasteiger partial charge is 0.398 e. The van der Waals surface area contributed by atoms with E-state index in [2.05, 4.69) is 4.74 Å². The minimum absolute atomic E-state index is 0.250. The minimum atomic E-state index is -1.89. The number of hydrogen-bond acceptors (Lipinski definition) is 5. The van der Waals surface area contributed by atoms with E-state index in [0.29, 0.717) is 0 Å². The van der Waals surface area contributed by atoms with Crippen molar-refractivity contribution in [3.63, 3.8) is 0 Å². The molecule has 0 aromatic rings. The Morgan fingerprint density at radius 1 is 1.31 bits per heavy atom. The summed E-state index contributed by atoms with van der Waals surface area (Å²) in [5.41, 5.74) is 0.250. The van der Waals surface area contributed by atoms with Gasteiger partial charge in [0, 0.05) is 25.9 Å². The lowest BCUT2D eigenvalue weighted by atomic mass is 10.1. The van der Waals surface area contributed by atoms with Crippen LogP contribution in [0.3, 0.4) is 0 Å². The van der Waals surface area contributed by atoms with Gasteiger partial charge in [-0.25, -0.2) is 4.79 Å². The number of methoxy groups -OCH3 is 2. The Hall–Kier alpha value is -1.20. The molecule has 0 unspecified atom stereocenters. The van der Waals surface area contributed by atoms with Gasteiger partial charge >= 0.3 is 11.9 Å². The van der Waals surface area contributed by atoms with Crippen molar-refractivity contribution in [1.29, 1.82) is 0 Å². The fourth-order valence-electron chi connectivity index (χ4n) is 1.04. The Bertz CT molecular complexity index is 274. The van der Waals surface area contributed by atoms with Crippen molar-refractivity contribution >= 4 is 11.8 Å². The van der Waals surface area contributed by atoms with Gasteiger partial charge in [0.2, 0.25) is 0 Å². The summed E-state index contributed by atoms with van der Waals surface area (Å²) in [5.74, 6) is -3.05. The third-order valence-corrected chi connectivity index (χ3v) is 1.74. The maximum absolute atomic E-state index is 11.5. The lowest BCUT2D eigenvalue weighted by Gasteiger charge is -2.30. The molecular weight excluding hydrogens is 176 g/mol. The van der Waals surface area contributed by atoms with Crippen LogP contribution in [0, 0.1) is 0 Å². The molecule has 1 rings (SSSR count). The molecule has 0 aromatic carbocycles. The average molecular weight is 186 g/mol. The van der Waals surface area contributed by atoms with Crippen LogP contribution in [-0.2, 0) is 23.8 Å². The molecule has 0 radical (unpaired) electrons. The van der Waals surface area contributed by atoms with Gasteiger partial charge in [0.15, 0.2) is 0 Å². The van der Waals surface area contributed by atoms with E-state index < -0.39 is 17.7 Å². The Labute approximate surface area is 75.3 Å². The normalized spacial score (nSPS) is 21.0. The van der Waals surface area contributed by atoms with Crippen LogP contribution in [0.5, 0.6) is 0 Å². The average Bonchev–Trinajstić information content (AvgIpc) is 2.11. The number of ketones is 1. The van der Waals surface area contributed by atoms with Gasteiger partial charge in [0.25, 0.3) is 5.78 Å². The lowest BCUT2D eigenvalue weighted by Crippen LogP contribution is -2.49. The molecule has 5 nitrogen and oxygen atoms in total. The highest BCUT2D eigenvalue weighted by Crippen LogP contribution is 2.23. The van der Waals surface area contributed by atoms with E-state index in [1.54, 1.807) is 0 Å². The van der Waals surface area contributed by atoms with Gasteiger partial charge in [-0.05, 0) is 6.92 Å². The van der Waals surface area contributed by atoms with E-state index in [0.717, 1.165) is 6.08 Å². The molecular formula is C8H10O5. The molecule has 0 aromatic heterocycles. The monoisotopic (exact) mass is 186 g/mol. The molecule has 0 saturated heterocycles. The van der Waals surface area contributed by atoms with Crippen LogP contribution in [0.2, 0.25) is 0 Å². The van der Waals surface area contributed by atoms with Crippen LogP contribution >= 0.6 is 0 Å². The van der Waals surface area contributed by atoms with Crippen molar-refractivity contribution < 1.29 is 23.8 Å². The predicted molar refractivity (Wildman–Crippen MR) is 41.6 cm³/mol. The Kier molecular flexibility index (Phi) is 2.49. The highest BCUT2D eigenvalue weighted by Gasteiger charge is 2.47. The number of cyclic esters (lactones) is 1. The summed E-state index contributed by atoms with van der Waals surface area (Å²) < 4.78 is 14.1. The fourth-order valence-corrected chi connectivity index (χ4v) is 1.04. The van der Waals surface area contributed by atoms with Gasteiger partial charge in [-0.15, -0.1) is 0 Å². The van der Waals surface area contributed by atoms with Crippen LogP contribution in [-0.4, -0.2) is 31.9 Å².